The normalized spacial score (nSPS) is 14.0. The van der Waals surface area contributed by atoms with Gasteiger partial charge in [0.15, 0.2) is 0 Å². The number of methoxy groups -OCH3 is 2. The van der Waals surface area contributed by atoms with Gasteiger partial charge in [0.2, 0.25) is 5.95 Å². The summed E-state index contributed by atoms with van der Waals surface area (Å²) in [6.45, 7) is 12.8. The Hall–Kier alpha value is -3.27. The Morgan fingerprint density at radius 1 is 1.11 bits per heavy atom. The monoisotopic (exact) mass is 558 g/mol. The summed E-state index contributed by atoms with van der Waals surface area (Å²) >= 11 is 13.3. The van der Waals surface area contributed by atoms with Crippen LogP contribution in [0.5, 0.6) is 11.5 Å². The van der Waals surface area contributed by atoms with E-state index < -0.39 is 0 Å². The van der Waals surface area contributed by atoms with Gasteiger partial charge in [-0.05, 0) is 25.1 Å². The van der Waals surface area contributed by atoms with Gasteiger partial charge in [0.1, 0.15) is 17.1 Å². The lowest BCUT2D eigenvalue weighted by Gasteiger charge is -2.36. The Balaban J connectivity index is 1.70. The fourth-order valence-corrected chi connectivity index (χ4v) is 5.33. The number of aryl methyl sites for hydroxylation is 1. The Kier molecular flexibility index (Phi) is 8.81. The van der Waals surface area contributed by atoms with Crippen molar-refractivity contribution in [3.63, 3.8) is 0 Å². The molecule has 0 unspecified atom stereocenters. The summed E-state index contributed by atoms with van der Waals surface area (Å²) in [5, 5.41) is 4.09. The molecule has 3 heterocycles. The van der Waals surface area contributed by atoms with Crippen LogP contribution >= 0.6 is 23.2 Å². The van der Waals surface area contributed by atoms with Crippen LogP contribution in [-0.2, 0) is 6.54 Å². The highest BCUT2D eigenvalue weighted by molar-refractivity contribution is 6.41. The van der Waals surface area contributed by atoms with Gasteiger partial charge in [-0.1, -0.05) is 36.4 Å². The van der Waals surface area contributed by atoms with Crippen LogP contribution in [0, 0.1) is 0 Å². The number of pyridine rings is 1. The second kappa shape index (κ2) is 12.1. The van der Waals surface area contributed by atoms with E-state index in [4.69, 9.17) is 32.7 Å². The highest BCUT2D eigenvalue weighted by Crippen LogP contribution is 2.45. The Labute approximate surface area is 232 Å². The van der Waals surface area contributed by atoms with E-state index in [0.29, 0.717) is 46.2 Å². The van der Waals surface area contributed by atoms with Gasteiger partial charge in [-0.25, -0.2) is 4.98 Å². The molecule has 0 amide bonds. The van der Waals surface area contributed by atoms with Gasteiger partial charge in [0.05, 0.1) is 29.8 Å². The maximum atomic E-state index is 14.0. The third-order valence-corrected chi connectivity index (χ3v) is 7.51. The van der Waals surface area contributed by atoms with Crippen LogP contribution in [0.3, 0.4) is 0 Å². The molecule has 0 spiro atoms. The van der Waals surface area contributed by atoms with E-state index in [9.17, 15) is 4.79 Å². The molecule has 2 aromatic heterocycles. The van der Waals surface area contributed by atoms with Crippen molar-refractivity contribution in [3.8, 4) is 22.6 Å². The minimum atomic E-state index is -0.260. The second-order valence-corrected chi connectivity index (χ2v) is 9.66. The molecule has 3 aromatic rings. The summed E-state index contributed by atoms with van der Waals surface area (Å²) in [5.41, 5.74) is 1.89. The zero-order valence-electron chi connectivity index (χ0n) is 21.9. The average Bonchev–Trinajstić information content (AvgIpc) is 2.94. The van der Waals surface area contributed by atoms with Gasteiger partial charge in [0.25, 0.3) is 5.56 Å². The Morgan fingerprint density at radius 3 is 2.34 bits per heavy atom. The van der Waals surface area contributed by atoms with Crippen LogP contribution < -0.4 is 20.3 Å². The highest BCUT2D eigenvalue weighted by Gasteiger charge is 2.23. The molecule has 0 radical (unpaired) electrons. The van der Waals surface area contributed by atoms with Gasteiger partial charge >= 0.3 is 0 Å². The summed E-state index contributed by atoms with van der Waals surface area (Å²) in [4.78, 5) is 27.5. The maximum Gasteiger partial charge on any atom is 0.260 e. The number of hydrogen-bond donors (Lipinski definition) is 1. The number of halogens is 2. The van der Waals surface area contributed by atoms with Gasteiger partial charge < -0.3 is 19.7 Å². The molecule has 1 aliphatic rings. The Morgan fingerprint density at radius 2 is 1.76 bits per heavy atom. The van der Waals surface area contributed by atoms with Gasteiger partial charge in [-0.15, -0.1) is 0 Å². The van der Waals surface area contributed by atoms with Crippen molar-refractivity contribution in [2.75, 3.05) is 59.3 Å². The predicted molar refractivity (Wildman–Crippen MR) is 154 cm³/mol. The first-order chi connectivity index (χ1) is 18.3. The summed E-state index contributed by atoms with van der Waals surface area (Å²) < 4.78 is 12.5. The number of rotatable bonds is 10. The number of fused-ring (bicyclic) bond motifs is 1. The van der Waals surface area contributed by atoms with Crippen LogP contribution in [-0.4, -0.2) is 78.3 Å². The molecule has 9 nitrogen and oxygen atoms in total. The molecule has 0 aliphatic carbocycles. The minimum Gasteiger partial charge on any atom is -0.495 e. The number of nitrogens with one attached hydrogen (secondary N) is 1. The van der Waals surface area contributed by atoms with Gasteiger partial charge in [0, 0.05) is 68.7 Å². The van der Waals surface area contributed by atoms with E-state index in [1.54, 1.807) is 36.0 Å². The van der Waals surface area contributed by atoms with E-state index in [0.717, 1.165) is 44.8 Å². The number of ether oxygens (including phenoxy) is 2. The molecule has 1 aliphatic heterocycles. The van der Waals surface area contributed by atoms with Crippen molar-refractivity contribution in [1.82, 2.24) is 24.3 Å². The number of anilines is 1. The summed E-state index contributed by atoms with van der Waals surface area (Å²) in [5.74, 6) is 1.14. The standard InChI is InChI=1S/C27H32Cl2N6O3/c1-6-17(2)34-12-10-33(11-13-34)8-7-9-35-25-18(16-31-27(30-3)32-25)14-19(26(35)36)22-23(28)20(37-4)15-21(38-5)24(22)29/h6,14-16H,1-2,7-13H2,3-5H3,(H,30,31,32). The fraction of sp³-hybridized carbons (Fsp3) is 0.370. The van der Waals surface area contributed by atoms with E-state index in [1.807, 2.05) is 0 Å². The smallest absolute Gasteiger partial charge is 0.260 e. The van der Waals surface area contributed by atoms with Crippen molar-refractivity contribution in [1.29, 1.82) is 0 Å². The van der Waals surface area contributed by atoms with E-state index in [2.05, 4.69) is 38.2 Å². The van der Waals surface area contributed by atoms with Crippen molar-refractivity contribution in [2.45, 2.75) is 13.0 Å². The van der Waals surface area contributed by atoms with Gasteiger partial charge in [-0.3, -0.25) is 14.3 Å². The molecule has 202 valence electrons. The molecule has 0 bridgehead atoms. The highest BCUT2D eigenvalue weighted by atomic mass is 35.5. The molecular weight excluding hydrogens is 527 g/mol. The van der Waals surface area contributed by atoms with E-state index >= 15 is 0 Å². The van der Waals surface area contributed by atoms with Crippen LogP contribution in [0.25, 0.3) is 22.2 Å². The molecule has 1 N–H and O–H groups in total. The van der Waals surface area contributed by atoms with Gasteiger partial charge in [-0.2, -0.15) is 4.98 Å². The molecule has 11 heteroatoms. The van der Waals surface area contributed by atoms with E-state index in [-0.39, 0.29) is 15.6 Å². The van der Waals surface area contributed by atoms with Crippen LogP contribution in [0.2, 0.25) is 10.0 Å². The number of piperazine rings is 1. The molecule has 0 atom stereocenters. The average molecular weight is 559 g/mol. The molecular formula is C27H32Cl2N6O3. The second-order valence-electron chi connectivity index (χ2n) is 8.90. The number of nitrogens with zero attached hydrogens (tertiary/aromatic N) is 5. The zero-order valence-corrected chi connectivity index (χ0v) is 23.4. The molecule has 1 fully saturated rings. The lowest BCUT2D eigenvalue weighted by molar-refractivity contribution is 0.159. The molecule has 4 rings (SSSR count). The third-order valence-electron chi connectivity index (χ3n) is 6.76. The predicted octanol–water partition coefficient (Wildman–Crippen LogP) is 4.53. The molecule has 1 aromatic carbocycles. The number of hydrogen-bond acceptors (Lipinski definition) is 8. The number of benzene rings is 1. The maximum absolute atomic E-state index is 14.0. The summed E-state index contributed by atoms with van der Waals surface area (Å²) in [6.07, 6.45) is 4.22. The first-order valence-corrected chi connectivity index (χ1v) is 13.1. The molecule has 1 saturated heterocycles. The third kappa shape index (κ3) is 5.45. The molecule has 0 saturated carbocycles. The van der Waals surface area contributed by atoms with Crippen molar-refractivity contribution in [3.05, 3.63) is 63.7 Å². The van der Waals surface area contributed by atoms with Crippen LogP contribution in [0.1, 0.15) is 6.42 Å². The quantitative estimate of drug-likeness (QED) is 0.363. The topological polar surface area (TPSA) is 84.8 Å². The van der Waals surface area contributed by atoms with Crippen molar-refractivity contribution >= 4 is 40.2 Å². The largest absolute Gasteiger partial charge is 0.495 e. The summed E-state index contributed by atoms with van der Waals surface area (Å²) in [6, 6.07) is 3.31. The zero-order chi connectivity index (χ0) is 27.4. The van der Waals surface area contributed by atoms with Crippen molar-refractivity contribution < 1.29 is 9.47 Å². The molecule has 38 heavy (non-hydrogen) atoms. The number of allylic oxidation sites excluding steroid dienone is 1. The summed E-state index contributed by atoms with van der Waals surface area (Å²) in [7, 11) is 4.73. The Bertz CT molecular complexity index is 1390. The van der Waals surface area contributed by atoms with Crippen LogP contribution in [0.4, 0.5) is 5.95 Å². The lowest BCUT2D eigenvalue weighted by Crippen LogP contribution is -2.45. The minimum absolute atomic E-state index is 0.230. The van der Waals surface area contributed by atoms with Crippen molar-refractivity contribution in [2.24, 2.45) is 0 Å². The first-order valence-electron chi connectivity index (χ1n) is 12.3. The number of aromatic nitrogens is 3. The van der Waals surface area contributed by atoms with E-state index in [1.165, 1.54) is 14.2 Å². The lowest BCUT2D eigenvalue weighted by atomic mass is 10.0. The SMILES string of the molecule is C=CC(=C)N1CCN(CCCn2c(=O)c(-c3c(Cl)c(OC)cc(OC)c3Cl)cc3cnc(NC)nc32)CC1. The fourth-order valence-electron chi connectivity index (χ4n) is 4.63. The first kappa shape index (κ1) is 27.8. The van der Waals surface area contributed by atoms with Crippen LogP contribution in [0.15, 0.2) is 48.1 Å².